The Kier molecular flexibility index (Phi) is 4.04. The van der Waals surface area contributed by atoms with Crippen LogP contribution in [0, 0.1) is 5.92 Å². The van der Waals surface area contributed by atoms with Gasteiger partial charge >= 0.3 is 0 Å². The molecule has 2 rings (SSSR count). The molecular formula is C15H22N2O. The molecule has 0 saturated heterocycles. The zero-order valence-corrected chi connectivity index (χ0v) is 11.4. The van der Waals surface area contributed by atoms with Crippen molar-refractivity contribution in [1.82, 2.24) is 9.88 Å². The van der Waals surface area contributed by atoms with Gasteiger partial charge in [-0.15, -0.1) is 0 Å². The number of benzene rings is 1. The molecule has 0 saturated carbocycles. The molecule has 1 aromatic heterocycles. The summed E-state index contributed by atoms with van der Waals surface area (Å²) in [7, 11) is 2.06. The Balaban J connectivity index is 2.04. The molecule has 98 valence electrons. The van der Waals surface area contributed by atoms with Crippen LogP contribution >= 0.6 is 0 Å². The lowest BCUT2D eigenvalue weighted by Crippen LogP contribution is -2.30. The number of para-hydroxylation sites is 1. The number of nitrogens with zero attached hydrogens (tertiary/aromatic N) is 1. The lowest BCUT2D eigenvalue weighted by atomic mass is 10.1. The van der Waals surface area contributed by atoms with E-state index in [-0.39, 0.29) is 6.10 Å². The normalized spacial score (nSPS) is 13.4. The zero-order valence-electron chi connectivity index (χ0n) is 11.4. The minimum absolute atomic E-state index is 0.278. The van der Waals surface area contributed by atoms with Crippen molar-refractivity contribution >= 4 is 10.9 Å². The van der Waals surface area contributed by atoms with Crippen molar-refractivity contribution in [2.75, 3.05) is 6.54 Å². The second kappa shape index (κ2) is 5.55. The van der Waals surface area contributed by atoms with Gasteiger partial charge in [0.2, 0.25) is 0 Å². The average molecular weight is 246 g/mol. The van der Waals surface area contributed by atoms with E-state index in [0.717, 1.165) is 6.54 Å². The summed E-state index contributed by atoms with van der Waals surface area (Å²) in [6.45, 7) is 5.50. The Bertz CT molecular complexity index is 516. The van der Waals surface area contributed by atoms with Gasteiger partial charge in [0.15, 0.2) is 0 Å². The van der Waals surface area contributed by atoms with E-state index in [1.165, 1.54) is 16.5 Å². The van der Waals surface area contributed by atoms with Crippen molar-refractivity contribution in [2.45, 2.75) is 26.5 Å². The van der Waals surface area contributed by atoms with Gasteiger partial charge < -0.3 is 15.0 Å². The Hall–Kier alpha value is -1.32. The highest BCUT2D eigenvalue weighted by molar-refractivity contribution is 5.83. The fourth-order valence-electron chi connectivity index (χ4n) is 2.16. The van der Waals surface area contributed by atoms with Crippen LogP contribution in [0.25, 0.3) is 10.9 Å². The predicted octanol–water partition coefficient (Wildman–Crippen LogP) is 2.28. The maximum atomic E-state index is 9.76. The van der Waals surface area contributed by atoms with Crippen LogP contribution in [0.4, 0.5) is 0 Å². The fraction of sp³-hybridized carbons (Fsp3) is 0.467. The van der Waals surface area contributed by atoms with Crippen LogP contribution in [-0.2, 0) is 13.6 Å². The monoisotopic (exact) mass is 246 g/mol. The maximum absolute atomic E-state index is 9.76. The molecule has 3 nitrogen and oxygen atoms in total. The molecule has 1 unspecified atom stereocenters. The van der Waals surface area contributed by atoms with Crippen molar-refractivity contribution in [3.63, 3.8) is 0 Å². The van der Waals surface area contributed by atoms with Crippen LogP contribution in [-0.4, -0.2) is 22.3 Å². The van der Waals surface area contributed by atoms with Crippen molar-refractivity contribution in [1.29, 1.82) is 0 Å². The van der Waals surface area contributed by atoms with Crippen LogP contribution in [0.3, 0.4) is 0 Å². The lowest BCUT2D eigenvalue weighted by Gasteiger charge is -2.14. The number of aliphatic hydroxyl groups is 1. The van der Waals surface area contributed by atoms with E-state index in [4.69, 9.17) is 0 Å². The van der Waals surface area contributed by atoms with Gasteiger partial charge in [-0.1, -0.05) is 32.0 Å². The first kappa shape index (κ1) is 13.1. The molecule has 0 aliphatic heterocycles. The van der Waals surface area contributed by atoms with E-state index in [0.29, 0.717) is 12.5 Å². The number of aryl methyl sites for hydroxylation is 1. The topological polar surface area (TPSA) is 37.2 Å². The second-order valence-electron chi connectivity index (χ2n) is 5.22. The highest BCUT2D eigenvalue weighted by Gasteiger charge is 2.09. The zero-order chi connectivity index (χ0) is 13.1. The van der Waals surface area contributed by atoms with E-state index in [2.05, 4.69) is 47.4 Å². The molecule has 2 aromatic rings. The third-order valence-electron chi connectivity index (χ3n) is 3.42. The summed E-state index contributed by atoms with van der Waals surface area (Å²) < 4.78 is 2.14. The summed E-state index contributed by atoms with van der Waals surface area (Å²) in [6, 6.07) is 8.39. The molecule has 1 aromatic carbocycles. The molecule has 1 atom stereocenters. The highest BCUT2D eigenvalue weighted by atomic mass is 16.3. The molecule has 3 heteroatoms. The van der Waals surface area contributed by atoms with Gasteiger partial charge in [0.05, 0.1) is 6.10 Å². The molecule has 0 spiro atoms. The Morgan fingerprint density at radius 3 is 2.72 bits per heavy atom. The van der Waals surface area contributed by atoms with Crippen LogP contribution in [0.15, 0.2) is 30.5 Å². The average Bonchev–Trinajstić information content (AvgIpc) is 2.67. The van der Waals surface area contributed by atoms with Crippen molar-refractivity contribution < 1.29 is 5.11 Å². The molecule has 0 aliphatic carbocycles. The van der Waals surface area contributed by atoms with Gasteiger partial charge in [-0.05, 0) is 17.5 Å². The quantitative estimate of drug-likeness (QED) is 0.849. The minimum atomic E-state index is -0.278. The molecule has 0 bridgehead atoms. The van der Waals surface area contributed by atoms with Gasteiger partial charge in [-0.25, -0.2) is 0 Å². The standard InChI is InChI=1S/C15H22N2O/c1-11(2)15(18)9-16-8-12-10-17(3)14-7-5-4-6-13(12)14/h4-7,10-11,15-16,18H,8-9H2,1-3H3. The van der Waals surface area contributed by atoms with E-state index >= 15 is 0 Å². The van der Waals surface area contributed by atoms with E-state index in [1.54, 1.807) is 0 Å². The summed E-state index contributed by atoms with van der Waals surface area (Å²) in [6.07, 6.45) is 1.87. The van der Waals surface area contributed by atoms with Gasteiger partial charge in [0.1, 0.15) is 0 Å². The summed E-state index contributed by atoms with van der Waals surface area (Å²) in [4.78, 5) is 0. The van der Waals surface area contributed by atoms with E-state index in [9.17, 15) is 5.11 Å². The Morgan fingerprint density at radius 2 is 2.00 bits per heavy atom. The third kappa shape index (κ3) is 2.74. The molecule has 18 heavy (non-hydrogen) atoms. The molecule has 0 aliphatic rings. The van der Waals surface area contributed by atoms with Crippen LogP contribution < -0.4 is 5.32 Å². The molecule has 1 heterocycles. The maximum Gasteiger partial charge on any atom is 0.0687 e. The van der Waals surface area contributed by atoms with Gasteiger partial charge in [0, 0.05) is 37.2 Å². The molecule has 0 radical (unpaired) electrons. The van der Waals surface area contributed by atoms with Gasteiger partial charge in [-0.2, -0.15) is 0 Å². The second-order valence-corrected chi connectivity index (χ2v) is 5.22. The smallest absolute Gasteiger partial charge is 0.0687 e. The summed E-state index contributed by atoms with van der Waals surface area (Å²) in [5, 5.41) is 14.4. The summed E-state index contributed by atoms with van der Waals surface area (Å²) in [5.41, 5.74) is 2.53. The number of aromatic nitrogens is 1. The summed E-state index contributed by atoms with van der Waals surface area (Å²) >= 11 is 0. The number of rotatable bonds is 5. The molecular weight excluding hydrogens is 224 g/mol. The lowest BCUT2D eigenvalue weighted by molar-refractivity contribution is 0.123. The minimum Gasteiger partial charge on any atom is -0.392 e. The van der Waals surface area contributed by atoms with Gasteiger partial charge in [-0.3, -0.25) is 0 Å². The Labute approximate surface area is 108 Å². The molecule has 0 fully saturated rings. The number of hydrogen-bond donors (Lipinski definition) is 2. The van der Waals surface area contributed by atoms with Crippen molar-refractivity contribution in [3.05, 3.63) is 36.0 Å². The number of nitrogens with one attached hydrogen (secondary N) is 1. The molecule has 0 amide bonds. The first-order valence-electron chi connectivity index (χ1n) is 6.51. The first-order chi connectivity index (χ1) is 8.59. The summed E-state index contributed by atoms with van der Waals surface area (Å²) in [5.74, 6) is 0.296. The van der Waals surface area contributed by atoms with Crippen LogP contribution in [0.2, 0.25) is 0 Å². The number of aliphatic hydroxyl groups excluding tert-OH is 1. The predicted molar refractivity (Wildman–Crippen MR) is 75.5 cm³/mol. The first-order valence-corrected chi connectivity index (χ1v) is 6.51. The highest BCUT2D eigenvalue weighted by Crippen LogP contribution is 2.19. The fourth-order valence-corrected chi connectivity index (χ4v) is 2.16. The van der Waals surface area contributed by atoms with E-state index < -0.39 is 0 Å². The van der Waals surface area contributed by atoms with Crippen molar-refractivity contribution in [2.24, 2.45) is 13.0 Å². The number of fused-ring (bicyclic) bond motifs is 1. The largest absolute Gasteiger partial charge is 0.392 e. The van der Waals surface area contributed by atoms with Crippen molar-refractivity contribution in [3.8, 4) is 0 Å². The van der Waals surface area contributed by atoms with Crippen LogP contribution in [0.5, 0.6) is 0 Å². The SMILES string of the molecule is CC(C)C(O)CNCc1cn(C)c2ccccc12. The van der Waals surface area contributed by atoms with Crippen LogP contribution in [0.1, 0.15) is 19.4 Å². The van der Waals surface area contributed by atoms with E-state index in [1.807, 2.05) is 13.8 Å². The van der Waals surface area contributed by atoms with Gasteiger partial charge in [0.25, 0.3) is 0 Å². The number of hydrogen-bond acceptors (Lipinski definition) is 2. The molecule has 2 N–H and O–H groups in total. The third-order valence-corrected chi connectivity index (χ3v) is 3.42. The Morgan fingerprint density at radius 1 is 1.28 bits per heavy atom.